The van der Waals surface area contributed by atoms with Crippen molar-refractivity contribution < 1.29 is 4.39 Å². The van der Waals surface area contributed by atoms with Crippen molar-refractivity contribution in [2.45, 2.75) is 50.0 Å². The number of rotatable bonds is 7. The largest absolute Gasteiger partial charge is 0.310 e. The van der Waals surface area contributed by atoms with Gasteiger partial charge in [-0.05, 0) is 50.8 Å². The number of halogens is 1. The van der Waals surface area contributed by atoms with Crippen LogP contribution in [-0.2, 0) is 0 Å². The van der Waals surface area contributed by atoms with E-state index in [4.69, 9.17) is 0 Å². The van der Waals surface area contributed by atoms with Crippen molar-refractivity contribution >= 4 is 11.8 Å². The molecule has 0 saturated carbocycles. The van der Waals surface area contributed by atoms with E-state index >= 15 is 0 Å². The summed E-state index contributed by atoms with van der Waals surface area (Å²) in [5.74, 6) is 0.802. The van der Waals surface area contributed by atoms with Gasteiger partial charge in [0.25, 0.3) is 0 Å². The van der Waals surface area contributed by atoms with Gasteiger partial charge in [-0.3, -0.25) is 0 Å². The second-order valence-electron chi connectivity index (χ2n) is 5.27. The van der Waals surface area contributed by atoms with E-state index in [-0.39, 0.29) is 5.82 Å². The van der Waals surface area contributed by atoms with Crippen LogP contribution < -0.4 is 5.32 Å². The average molecular weight is 293 g/mol. The molecule has 0 aliphatic heterocycles. The number of benzene rings is 1. The molecule has 1 nitrogen and oxygen atoms in total. The van der Waals surface area contributed by atoms with Gasteiger partial charge < -0.3 is 5.32 Å². The number of hydrogen-bond donors (Lipinski definition) is 1. The topological polar surface area (TPSA) is 12.0 Å². The summed E-state index contributed by atoms with van der Waals surface area (Å²) >= 11 is 1.62. The van der Waals surface area contributed by atoms with Gasteiger partial charge in [0.05, 0.1) is 0 Å². The van der Waals surface area contributed by atoms with Crippen molar-refractivity contribution in [1.82, 2.24) is 5.32 Å². The summed E-state index contributed by atoms with van der Waals surface area (Å²) in [6, 6.07) is 7.44. The molecule has 0 amide bonds. The normalized spacial score (nSPS) is 16.8. The highest BCUT2D eigenvalue weighted by molar-refractivity contribution is 7.99. The molecule has 0 aromatic heterocycles. The molecule has 1 aromatic carbocycles. The first kappa shape index (κ1) is 15.6. The zero-order chi connectivity index (χ0) is 14.2. The lowest BCUT2D eigenvalue weighted by Gasteiger charge is -2.24. The molecule has 0 bridgehead atoms. The molecule has 110 valence electrons. The van der Waals surface area contributed by atoms with Crippen LogP contribution in [0.3, 0.4) is 0 Å². The van der Waals surface area contributed by atoms with Gasteiger partial charge in [-0.2, -0.15) is 0 Å². The summed E-state index contributed by atoms with van der Waals surface area (Å²) in [5.41, 5.74) is 1.52. The second-order valence-corrected chi connectivity index (χ2v) is 6.33. The SMILES string of the molecule is CCCNC(CSc1ccccc1F)C1=CCCCC1. The fraction of sp³-hybridized carbons (Fsp3) is 0.529. The average Bonchev–Trinajstić information content (AvgIpc) is 2.50. The smallest absolute Gasteiger partial charge is 0.136 e. The molecule has 1 atom stereocenters. The van der Waals surface area contributed by atoms with Crippen molar-refractivity contribution in [2.24, 2.45) is 0 Å². The van der Waals surface area contributed by atoms with Crippen LogP contribution >= 0.6 is 11.8 Å². The van der Waals surface area contributed by atoms with Gasteiger partial charge in [0, 0.05) is 16.7 Å². The van der Waals surface area contributed by atoms with E-state index in [9.17, 15) is 4.39 Å². The minimum atomic E-state index is -0.107. The van der Waals surface area contributed by atoms with Crippen LogP contribution in [0.2, 0.25) is 0 Å². The summed E-state index contributed by atoms with van der Waals surface area (Å²) < 4.78 is 13.7. The Morgan fingerprint density at radius 2 is 2.15 bits per heavy atom. The predicted octanol–water partition coefficient (Wildman–Crippen LogP) is 4.79. The summed E-state index contributed by atoms with van der Waals surface area (Å²) in [4.78, 5) is 0.757. The van der Waals surface area contributed by atoms with Gasteiger partial charge in [-0.1, -0.05) is 30.7 Å². The van der Waals surface area contributed by atoms with Crippen LogP contribution in [0.4, 0.5) is 4.39 Å². The number of hydrogen-bond acceptors (Lipinski definition) is 2. The molecule has 0 radical (unpaired) electrons. The zero-order valence-electron chi connectivity index (χ0n) is 12.2. The predicted molar refractivity (Wildman–Crippen MR) is 85.8 cm³/mol. The van der Waals surface area contributed by atoms with Crippen molar-refractivity contribution in [1.29, 1.82) is 0 Å². The summed E-state index contributed by atoms with van der Waals surface area (Å²) in [7, 11) is 0. The minimum absolute atomic E-state index is 0.107. The molecule has 0 spiro atoms. The third-order valence-corrected chi connectivity index (χ3v) is 4.80. The molecule has 1 unspecified atom stereocenters. The molecule has 0 saturated heterocycles. The van der Waals surface area contributed by atoms with Crippen LogP contribution in [0.25, 0.3) is 0 Å². The molecule has 2 rings (SSSR count). The van der Waals surface area contributed by atoms with Gasteiger partial charge in [-0.25, -0.2) is 4.39 Å². The highest BCUT2D eigenvalue weighted by atomic mass is 32.2. The lowest BCUT2D eigenvalue weighted by molar-refractivity contribution is 0.561. The molecular weight excluding hydrogens is 269 g/mol. The maximum atomic E-state index is 13.7. The third kappa shape index (κ3) is 4.64. The number of nitrogens with one attached hydrogen (secondary N) is 1. The molecule has 0 fully saturated rings. The van der Waals surface area contributed by atoms with Gasteiger partial charge in [0.1, 0.15) is 5.82 Å². The minimum Gasteiger partial charge on any atom is -0.310 e. The van der Waals surface area contributed by atoms with Crippen LogP contribution in [-0.4, -0.2) is 18.3 Å². The van der Waals surface area contributed by atoms with Gasteiger partial charge >= 0.3 is 0 Å². The maximum Gasteiger partial charge on any atom is 0.136 e. The third-order valence-electron chi connectivity index (χ3n) is 3.66. The Morgan fingerprint density at radius 3 is 2.85 bits per heavy atom. The Kier molecular flexibility index (Phi) is 6.61. The lowest BCUT2D eigenvalue weighted by Crippen LogP contribution is -2.34. The van der Waals surface area contributed by atoms with Gasteiger partial charge in [0.15, 0.2) is 0 Å². The van der Waals surface area contributed by atoms with Gasteiger partial charge in [-0.15, -0.1) is 11.8 Å². The lowest BCUT2D eigenvalue weighted by atomic mass is 9.94. The Bertz CT molecular complexity index is 444. The molecule has 20 heavy (non-hydrogen) atoms. The van der Waals surface area contributed by atoms with Crippen LogP contribution in [0, 0.1) is 5.82 Å². The van der Waals surface area contributed by atoms with E-state index in [0.29, 0.717) is 6.04 Å². The van der Waals surface area contributed by atoms with E-state index in [1.807, 2.05) is 12.1 Å². The Balaban J connectivity index is 1.96. The van der Waals surface area contributed by atoms with E-state index in [1.165, 1.54) is 37.3 Å². The standard InChI is InChI=1S/C17H24FNS/c1-2-12-19-16(14-8-4-3-5-9-14)13-20-17-11-7-6-10-15(17)18/h6-8,10-11,16,19H,2-5,9,12-13H2,1H3. The monoisotopic (exact) mass is 293 g/mol. The van der Waals surface area contributed by atoms with Crippen molar-refractivity contribution in [3.63, 3.8) is 0 Å². The summed E-state index contributed by atoms with van der Waals surface area (Å²) in [6.07, 6.45) is 8.51. The Labute approximate surface area is 126 Å². The second kappa shape index (κ2) is 8.48. The van der Waals surface area contributed by atoms with Crippen LogP contribution in [0.1, 0.15) is 39.0 Å². The molecule has 1 aliphatic carbocycles. The van der Waals surface area contributed by atoms with E-state index < -0.39 is 0 Å². The van der Waals surface area contributed by atoms with E-state index in [0.717, 1.165) is 23.6 Å². The summed E-state index contributed by atoms with van der Waals surface area (Å²) in [6.45, 7) is 3.21. The van der Waals surface area contributed by atoms with Crippen molar-refractivity contribution in [3.05, 3.63) is 41.7 Å². The first-order valence-electron chi connectivity index (χ1n) is 7.61. The van der Waals surface area contributed by atoms with E-state index in [1.54, 1.807) is 17.8 Å². The first-order valence-corrected chi connectivity index (χ1v) is 8.59. The molecule has 0 heterocycles. The fourth-order valence-corrected chi connectivity index (χ4v) is 3.59. The number of thioether (sulfide) groups is 1. The van der Waals surface area contributed by atoms with Crippen molar-refractivity contribution in [2.75, 3.05) is 12.3 Å². The van der Waals surface area contributed by atoms with E-state index in [2.05, 4.69) is 18.3 Å². The summed E-state index contributed by atoms with van der Waals surface area (Å²) in [5, 5.41) is 3.62. The first-order chi connectivity index (χ1) is 9.81. The Hall–Kier alpha value is -0.800. The van der Waals surface area contributed by atoms with Crippen LogP contribution in [0.5, 0.6) is 0 Å². The molecule has 3 heteroatoms. The maximum absolute atomic E-state index is 13.7. The zero-order valence-corrected chi connectivity index (χ0v) is 13.0. The van der Waals surface area contributed by atoms with Crippen LogP contribution in [0.15, 0.2) is 40.8 Å². The van der Waals surface area contributed by atoms with Crippen molar-refractivity contribution in [3.8, 4) is 0 Å². The van der Waals surface area contributed by atoms with Gasteiger partial charge in [0.2, 0.25) is 0 Å². The fourth-order valence-electron chi connectivity index (χ4n) is 2.53. The molecule has 1 aliphatic rings. The molecule has 1 N–H and O–H groups in total. The highest BCUT2D eigenvalue weighted by Gasteiger charge is 2.16. The molecule has 1 aromatic rings. The highest BCUT2D eigenvalue weighted by Crippen LogP contribution is 2.27. The Morgan fingerprint density at radius 1 is 1.30 bits per heavy atom. The quantitative estimate of drug-likeness (QED) is 0.573. The molecular formula is C17H24FNS. The number of allylic oxidation sites excluding steroid dienone is 1.